The molecule has 25 heavy (non-hydrogen) atoms. The van der Waals surface area contributed by atoms with E-state index < -0.39 is 0 Å². The normalized spacial score (nSPS) is 19.3. The first-order valence-electron chi connectivity index (χ1n) is 8.53. The fourth-order valence-corrected chi connectivity index (χ4v) is 4.06. The quantitative estimate of drug-likeness (QED) is 0.832. The molecule has 0 unspecified atom stereocenters. The van der Waals surface area contributed by atoms with Gasteiger partial charge in [-0.15, -0.1) is 11.3 Å². The lowest BCUT2D eigenvalue weighted by molar-refractivity contribution is -0.127. The number of rotatable bonds is 6. The van der Waals surface area contributed by atoms with Gasteiger partial charge in [-0.1, -0.05) is 36.4 Å². The monoisotopic (exact) mass is 357 g/mol. The zero-order valence-corrected chi connectivity index (χ0v) is 14.9. The van der Waals surface area contributed by atoms with Crippen LogP contribution in [0.5, 0.6) is 0 Å². The number of nitrogens with zero attached hydrogens (tertiary/aromatic N) is 1. The number of piperidine rings is 1. The van der Waals surface area contributed by atoms with Crippen LogP contribution in [0.25, 0.3) is 0 Å². The molecular formula is C19H23N3O2S. The number of primary amides is 1. The van der Waals surface area contributed by atoms with Crippen molar-refractivity contribution >= 4 is 23.2 Å². The minimum atomic E-state index is -0.272. The standard InChI is InChI=1S/C19H23N3O2S/c20-19(24)15-8-4-10-22(12-15)13-17(23)21-18(16-9-5-11-25-16)14-6-2-1-3-7-14/h1-3,5-7,9,11,15,18H,4,8,10,12-13H2,(H2,20,24)(H,21,23)/t15-,18+/m0/s1. The summed E-state index contributed by atoms with van der Waals surface area (Å²) in [6.45, 7) is 1.68. The Labute approximate surface area is 151 Å². The second kappa shape index (κ2) is 8.27. The molecule has 1 aliphatic heterocycles. The van der Waals surface area contributed by atoms with Crippen LogP contribution in [0.1, 0.15) is 29.3 Å². The van der Waals surface area contributed by atoms with Gasteiger partial charge in [-0.05, 0) is 36.4 Å². The number of nitrogens with two attached hydrogens (primary N) is 1. The van der Waals surface area contributed by atoms with Crippen molar-refractivity contribution in [3.8, 4) is 0 Å². The molecule has 1 saturated heterocycles. The van der Waals surface area contributed by atoms with Crippen molar-refractivity contribution in [2.24, 2.45) is 11.7 Å². The maximum absolute atomic E-state index is 12.6. The summed E-state index contributed by atoms with van der Waals surface area (Å²) in [5, 5.41) is 5.15. The largest absolute Gasteiger partial charge is 0.369 e. The van der Waals surface area contributed by atoms with Crippen LogP contribution >= 0.6 is 11.3 Å². The molecule has 2 amide bonds. The number of hydrogen-bond acceptors (Lipinski definition) is 4. The topological polar surface area (TPSA) is 75.4 Å². The fraction of sp³-hybridized carbons (Fsp3) is 0.368. The van der Waals surface area contributed by atoms with Crippen LogP contribution in [-0.2, 0) is 9.59 Å². The minimum absolute atomic E-state index is 0.0348. The number of thiophene rings is 1. The average molecular weight is 357 g/mol. The summed E-state index contributed by atoms with van der Waals surface area (Å²) in [6, 6.07) is 13.8. The number of amides is 2. The van der Waals surface area contributed by atoms with Crippen LogP contribution in [0.2, 0.25) is 0 Å². The number of likely N-dealkylation sites (tertiary alicyclic amines) is 1. The van der Waals surface area contributed by atoms with Crippen molar-refractivity contribution < 1.29 is 9.59 Å². The Morgan fingerprint density at radius 3 is 2.72 bits per heavy atom. The zero-order chi connectivity index (χ0) is 17.6. The number of hydrogen-bond donors (Lipinski definition) is 2. The van der Waals surface area contributed by atoms with Gasteiger partial charge in [-0.25, -0.2) is 0 Å². The first kappa shape index (κ1) is 17.6. The van der Waals surface area contributed by atoms with Gasteiger partial charge in [0.2, 0.25) is 11.8 Å². The third kappa shape index (κ3) is 4.67. The highest BCUT2D eigenvalue weighted by atomic mass is 32.1. The minimum Gasteiger partial charge on any atom is -0.369 e. The van der Waals surface area contributed by atoms with E-state index in [1.54, 1.807) is 11.3 Å². The average Bonchev–Trinajstić information content (AvgIpc) is 3.15. The van der Waals surface area contributed by atoms with Crippen molar-refractivity contribution in [1.29, 1.82) is 0 Å². The number of carbonyl (C=O) groups excluding carboxylic acids is 2. The van der Waals surface area contributed by atoms with Crippen LogP contribution in [0.15, 0.2) is 47.8 Å². The highest BCUT2D eigenvalue weighted by molar-refractivity contribution is 7.10. The molecule has 0 spiro atoms. The molecule has 3 N–H and O–H groups in total. The maximum Gasteiger partial charge on any atom is 0.234 e. The summed E-state index contributed by atoms with van der Waals surface area (Å²) in [4.78, 5) is 27.1. The summed E-state index contributed by atoms with van der Waals surface area (Å²) in [7, 11) is 0. The van der Waals surface area contributed by atoms with Gasteiger partial charge in [0.1, 0.15) is 0 Å². The molecule has 3 rings (SSSR count). The molecule has 2 atom stereocenters. The van der Waals surface area contributed by atoms with Crippen molar-refractivity contribution in [2.45, 2.75) is 18.9 Å². The van der Waals surface area contributed by atoms with E-state index in [-0.39, 0.29) is 23.8 Å². The fourth-order valence-electron chi connectivity index (χ4n) is 3.26. The molecule has 132 valence electrons. The van der Waals surface area contributed by atoms with Gasteiger partial charge in [0.05, 0.1) is 18.5 Å². The van der Waals surface area contributed by atoms with E-state index in [0.29, 0.717) is 13.1 Å². The molecule has 1 fully saturated rings. The lowest BCUT2D eigenvalue weighted by atomic mass is 9.97. The van der Waals surface area contributed by atoms with E-state index in [9.17, 15) is 9.59 Å². The third-order valence-corrected chi connectivity index (χ3v) is 5.48. The maximum atomic E-state index is 12.6. The van der Waals surface area contributed by atoms with Crippen molar-refractivity contribution in [2.75, 3.05) is 19.6 Å². The van der Waals surface area contributed by atoms with Gasteiger partial charge in [0.15, 0.2) is 0 Å². The first-order valence-corrected chi connectivity index (χ1v) is 9.41. The molecular weight excluding hydrogens is 334 g/mol. The molecule has 2 heterocycles. The van der Waals surface area contributed by atoms with Gasteiger partial charge < -0.3 is 11.1 Å². The second-order valence-electron chi connectivity index (χ2n) is 6.40. The molecule has 0 bridgehead atoms. The Balaban J connectivity index is 1.66. The molecule has 5 nitrogen and oxygen atoms in total. The lowest BCUT2D eigenvalue weighted by Crippen LogP contribution is -2.46. The Morgan fingerprint density at radius 2 is 2.04 bits per heavy atom. The van der Waals surface area contributed by atoms with Gasteiger partial charge in [-0.2, -0.15) is 0 Å². The zero-order valence-electron chi connectivity index (χ0n) is 14.1. The van der Waals surface area contributed by atoms with E-state index in [2.05, 4.69) is 5.32 Å². The van der Waals surface area contributed by atoms with Gasteiger partial charge in [0.25, 0.3) is 0 Å². The number of benzene rings is 1. The summed E-state index contributed by atoms with van der Waals surface area (Å²) in [5.41, 5.74) is 6.48. The highest BCUT2D eigenvalue weighted by Crippen LogP contribution is 2.26. The summed E-state index contributed by atoms with van der Waals surface area (Å²) in [6.07, 6.45) is 1.71. The van der Waals surface area contributed by atoms with Crippen LogP contribution < -0.4 is 11.1 Å². The lowest BCUT2D eigenvalue weighted by Gasteiger charge is -2.31. The van der Waals surface area contributed by atoms with Crippen molar-refractivity contribution in [3.63, 3.8) is 0 Å². The van der Waals surface area contributed by atoms with E-state index >= 15 is 0 Å². The molecule has 1 aromatic heterocycles. The Kier molecular flexibility index (Phi) is 5.83. The van der Waals surface area contributed by atoms with Crippen molar-refractivity contribution in [1.82, 2.24) is 10.2 Å². The van der Waals surface area contributed by atoms with E-state index in [1.165, 1.54) is 0 Å². The van der Waals surface area contributed by atoms with E-state index in [4.69, 9.17) is 5.73 Å². The summed E-state index contributed by atoms with van der Waals surface area (Å²) >= 11 is 1.63. The number of carbonyl (C=O) groups is 2. The predicted octanol–water partition coefficient (Wildman–Crippen LogP) is 2.15. The van der Waals surface area contributed by atoms with E-state index in [0.717, 1.165) is 29.8 Å². The van der Waals surface area contributed by atoms with Gasteiger partial charge in [0, 0.05) is 11.4 Å². The van der Waals surface area contributed by atoms with Crippen molar-refractivity contribution in [3.05, 3.63) is 58.3 Å². The SMILES string of the molecule is NC(=O)[C@H]1CCCN(CC(=O)N[C@H](c2ccccc2)c2cccs2)C1. The van der Waals surface area contributed by atoms with Gasteiger partial charge >= 0.3 is 0 Å². The smallest absolute Gasteiger partial charge is 0.234 e. The summed E-state index contributed by atoms with van der Waals surface area (Å²) < 4.78 is 0. The molecule has 6 heteroatoms. The first-order chi connectivity index (χ1) is 12.1. The molecule has 0 radical (unpaired) electrons. The summed E-state index contributed by atoms with van der Waals surface area (Å²) in [5.74, 6) is -0.456. The Bertz CT molecular complexity index is 703. The highest BCUT2D eigenvalue weighted by Gasteiger charge is 2.26. The van der Waals surface area contributed by atoms with E-state index in [1.807, 2.05) is 52.7 Å². The second-order valence-corrected chi connectivity index (χ2v) is 7.38. The molecule has 2 aromatic rings. The molecule has 0 aliphatic carbocycles. The third-order valence-electron chi connectivity index (χ3n) is 4.54. The Hall–Kier alpha value is -2.18. The van der Waals surface area contributed by atoms with Crippen LogP contribution in [0.4, 0.5) is 0 Å². The molecule has 0 saturated carbocycles. The molecule has 1 aromatic carbocycles. The number of nitrogens with one attached hydrogen (secondary N) is 1. The molecule has 1 aliphatic rings. The van der Waals surface area contributed by atoms with Crippen LogP contribution in [0.3, 0.4) is 0 Å². The predicted molar refractivity (Wildman–Crippen MR) is 99.1 cm³/mol. The van der Waals surface area contributed by atoms with Crippen LogP contribution in [0, 0.1) is 5.92 Å². The van der Waals surface area contributed by atoms with Gasteiger partial charge in [-0.3, -0.25) is 14.5 Å². The van der Waals surface area contributed by atoms with Crippen LogP contribution in [-0.4, -0.2) is 36.3 Å². The Morgan fingerprint density at radius 1 is 1.24 bits per heavy atom.